The molecule has 3 aromatic heterocycles. The van der Waals surface area contributed by atoms with Crippen molar-refractivity contribution in [3.63, 3.8) is 0 Å². The Morgan fingerprint density at radius 1 is 0.725 bits per heavy atom. The Morgan fingerprint density at radius 3 is 1.91 bits per heavy atom. The summed E-state index contributed by atoms with van der Waals surface area (Å²) in [5.41, 5.74) is 10.4. The monoisotopic (exact) mass is 987 g/mol. The molecule has 0 saturated carbocycles. The largest absolute Gasteiger partial charge is 0.357 e. The first-order valence-electron chi connectivity index (χ1n) is 24.2. The number of allylic oxidation sites excluding steroid dienone is 6. The molecule has 7 heterocycles. The third-order valence-electron chi connectivity index (χ3n) is 12.1. The summed E-state index contributed by atoms with van der Waals surface area (Å²) < 4.78 is 0.935. The lowest BCUT2D eigenvalue weighted by molar-refractivity contribution is 0.317. The lowest BCUT2D eigenvalue weighted by Crippen LogP contribution is -2.32. The number of anilines is 2. The number of pyridine rings is 2. The van der Waals surface area contributed by atoms with Gasteiger partial charge in [0, 0.05) is 91.2 Å². The predicted octanol–water partition coefficient (Wildman–Crippen LogP) is 16.3. The summed E-state index contributed by atoms with van der Waals surface area (Å²) in [6.07, 6.45) is 19.0. The maximum atomic E-state index is 6.31. The molecule has 0 amide bonds. The van der Waals surface area contributed by atoms with Gasteiger partial charge in [0.25, 0.3) is 0 Å². The molecule has 2 atom stereocenters. The maximum absolute atomic E-state index is 6.31. The molecule has 370 valence electrons. The van der Waals surface area contributed by atoms with E-state index in [9.17, 15) is 0 Å². The van der Waals surface area contributed by atoms with Crippen molar-refractivity contribution >= 4 is 46.2 Å². The third kappa shape index (κ3) is 18.0. The minimum Gasteiger partial charge on any atom is -0.357 e. The predicted molar refractivity (Wildman–Crippen MR) is 308 cm³/mol. The Kier molecular flexibility index (Phi) is 26.4. The van der Waals surface area contributed by atoms with Crippen LogP contribution in [0, 0.1) is 0 Å². The van der Waals surface area contributed by atoms with E-state index in [4.69, 9.17) is 28.2 Å². The molecule has 0 aliphatic carbocycles. The maximum Gasteiger partial charge on any atom is 0.128 e. The van der Waals surface area contributed by atoms with Crippen LogP contribution in [0.15, 0.2) is 170 Å². The SMILES string of the molecule is C.C=CC=C.C=CC=C.CC.CC1=C(/C=C(\C)Cl)C(c2ccccc2-c2ccc(N3CCC[C@H]3C)nc2)CN(C)C1.CN1CCc2cc(Cl)sc2C1.c1ccc(-c2ccc(N3CCCC3)nc2)cc1. The molecule has 2 fully saturated rings. The standard InChI is InChI=1S/C26H32ClN3.C15H16N2.C8H10ClNS.2C4H6.C2H6.CH4/c1-18-16-29(4)17-25(24(18)14-19(2)27)23-10-6-5-9-22(23)21-11-12-26(28-15-21)30-13-7-8-20(30)3;1-2-6-13(7-3-1)14-8-9-15(16-12-14)17-10-4-5-11-17;1-10-3-2-6-4-8(9)11-7(6)5-10;2*1-3-4-2;1-2;/h5-6,9-12,14-15,20,25H,7-8,13,16-17H2,1-4H3;1-3,6-9,12H,4-5,10-11H2;4H,2-3,5H2,1H3;2*3-4H,1-2H2;1-2H3;1H4/b19-14+;;;;;;/t20-,25?;;;;;;/m1....../s1. The van der Waals surface area contributed by atoms with E-state index in [-0.39, 0.29) is 7.43 Å². The van der Waals surface area contributed by atoms with Crippen molar-refractivity contribution in [2.75, 3.05) is 63.2 Å². The Balaban J connectivity index is 0.000000271. The van der Waals surface area contributed by atoms with Crippen molar-refractivity contribution in [3.05, 3.63) is 191 Å². The molecular weight excluding hydrogens is 908 g/mol. The number of aromatic nitrogens is 2. The smallest absolute Gasteiger partial charge is 0.128 e. The molecule has 0 bridgehead atoms. The summed E-state index contributed by atoms with van der Waals surface area (Å²) >= 11 is 13.9. The lowest BCUT2D eigenvalue weighted by atomic mass is 9.81. The quantitative estimate of drug-likeness (QED) is 0.144. The van der Waals surface area contributed by atoms with Gasteiger partial charge in [0.1, 0.15) is 11.6 Å². The minimum atomic E-state index is 0. The second kappa shape index (κ2) is 31.3. The highest BCUT2D eigenvalue weighted by molar-refractivity contribution is 7.16. The molecule has 0 N–H and O–H groups in total. The van der Waals surface area contributed by atoms with Gasteiger partial charge >= 0.3 is 0 Å². The highest BCUT2D eigenvalue weighted by atomic mass is 35.5. The molecular formula is C60H80Cl2N6S. The molecule has 69 heavy (non-hydrogen) atoms. The van der Waals surface area contributed by atoms with Gasteiger partial charge in [-0.2, -0.15) is 0 Å². The molecule has 6 nitrogen and oxygen atoms in total. The van der Waals surface area contributed by atoms with Gasteiger partial charge in [-0.1, -0.05) is 155 Å². The van der Waals surface area contributed by atoms with Crippen LogP contribution < -0.4 is 9.80 Å². The highest BCUT2D eigenvalue weighted by Crippen LogP contribution is 2.39. The fourth-order valence-corrected chi connectivity index (χ4v) is 10.3. The summed E-state index contributed by atoms with van der Waals surface area (Å²) in [6, 6.07) is 30.5. The van der Waals surface area contributed by atoms with Gasteiger partial charge in [0.05, 0.1) is 4.34 Å². The number of hydrogen-bond acceptors (Lipinski definition) is 7. The normalized spacial score (nSPS) is 17.5. The average molecular weight is 988 g/mol. The Morgan fingerprint density at radius 2 is 1.33 bits per heavy atom. The van der Waals surface area contributed by atoms with Crippen molar-refractivity contribution in [1.82, 2.24) is 19.8 Å². The van der Waals surface area contributed by atoms with Gasteiger partial charge < -0.3 is 19.6 Å². The van der Waals surface area contributed by atoms with Crippen molar-refractivity contribution in [3.8, 4) is 22.3 Å². The van der Waals surface area contributed by atoms with Gasteiger partial charge in [0.15, 0.2) is 0 Å². The first-order chi connectivity index (χ1) is 33.0. The van der Waals surface area contributed by atoms with Crippen molar-refractivity contribution in [2.24, 2.45) is 0 Å². The number of halogens is 2. The Labute approximate surface area is 432 Å². The van der Waals surface area contributed by atoms with Gasteiger partial charge in [-0.25, -0.2) is 9.97 Å². The van der Waals surface area contributed by atoms with Gasteiger partial charge in [-0.05, 0) is 131 Å². The number of rotatable bonds is 8. The highest BCUT2D eigenvalue weighted by Gasteiger charge is 2.27. The first-order valence-corrected chi connectivity index (χ1v) is 25.8. The fraction of sp³-hybridized carbons (Fsp3) is 0.367. The zero-order chi connectivity index (χ0) is 49.4. The van der Waals surface area contributed by atoms with E-state index in [1.54, 1.807) is 35.6 Å². The van der Waals surface area contributed by atoms with Crippen molar-refractivity contribution in [1.29, 1.82) is 0 Å². The van der Waals surface area contributed by atoms with Crippen LogP contribution in [-0.4, -0.2) is 79.2 Å². The summed E-state index contributed by atoms with van der Waals surface area (Å²) in [5, 5.41) is 0.835. The van der Waals surface area contributed by atoms with Crippen LogP contribution in [0.25, 0.3) is 22.3 Å². The second-order valence-electron chi connectivity index (χ2n) is 17.3. The molecule has 0 spiro atoms. The van der Waals surface area contributed by atoms with Crippen molar-refractivity contribution < 1.29 is 0 Å². The zero-order valence-electron chi connectivity index (χ0n) is 41.9. The molecule has 1 unspecified atom stereocenters. The summed E-state index contributed by atoms with van der Waals surface area (Å²) in [7, 11) is 4.34. The van der Waals surface area contributed by atoms with E-state index in [0.717, 1.165) is 66.7 Å². The molecule has 4 aliphatic heterocycles. The van der Waals surface area contributed by atoms with E-state index in [1.807, 2.05) is 39.2 Å². The summed E-state index contributed by atoms with van der Waals surface area (Å²) in [6.45, 7) is 31.5. The number of fused-ring (bicyclic) bond motifs is 1. The first kappa shape index (κ1) is 58.3. The van der Waals surface area contributed by atoms with Crippen LogP contribution in [0.2, 0.25) is 4.34 Å². The van der Waals surface area contributed by atoms with E-state index in [1.165, 1.54) is 81.6 Å². The molecule has 9 heteroatoms. The van der Waals surface area contributed by atoms with E-state index >= 15 is 0 Å². The number of likely N-dealkylation sites (N-methyl/N-ethyl adjacent to an activating group) is 2. The minimum absolute atomic E-state index is 0. The molecule has 4 aliphatic rings. The van der Waals surface area contributed by atoms with Crippen LogP contribution in [0.4, 0.5) is 11.6 Å². The second-order valence-corrected chi connectivity index (χ2v) is 19.7. The van der Waals surface area contributed by atoms with E-state index in [0.29, 0.717) is 12.0 Å². The van der Waals surface area contributed by atoms with Crippen LogP contribution in [0.1, 0.15) is 89.7 Å². The number of nitrogens with zero attached hydrogens (tertiary/aromatic N) is 6. The van der Waals surface area contributed by atoms with Gasteiger partial charge in [-0.3, -0.25) is 0 Å². The number of thiophene rings is 1. The summed E-state index contributed by atoms with van der Waals surface area (Å²) in [4.78, 5) is 20.4. The number of hydrogen-bond donors (Lipinski definition) is 0. The van der Waals surface area contributed by atoms with E-state index in [2.05, 4.69) is 164 Å². The van der Waals surface area contributed by atoms with Crippen LogP contribution >= 0.6 is 34.5 Å². The molecule has 0 radical (unpaired) electrons. The molecule has 9 rings (SSSR count). The third-order valence-corrected chi connectivity index (χ3v) is 13.5. The number of benzene rings is 2. The molecule has 5 aromatic rings. The van der Waals surface area contributed by atoms with Crippen LogP contribution in [0.3, 0.4) is 0 Å². The molecule has 2 aromatic carbocycles. The fourth-order valence-electron chi connectivity index (χ4n) is 8.76. The average Bonchev–Trinajstić information content (AvgIpc) is 4.15. The zero-order valence-corrected chi connectivity index (χ0v) is 44.3. The van der Waals surface area contributed by atoms with Crippen LogP contribution in [-0.2, 0) is 13.0 Å². The Bertz CT molecular complexity index is 2330. The van der Waals surface area contributed by atoms with Crippen molar-refractivity contribution in [2.45, 2.75) is 92.7 Å². The van der Waals surface area contributed by atoms with Gasteiger partial charge in [-0.15, -0.1) is 11.3 Å². The van der Waals surface area contributed by atoms with Crippen LogP contribution in [0.5, 0.6) is 0 Å². The lowest BCUT2D eigenvalue weighted by Gasteiger charge is -2.34. The molecule has 2 saturated heterocycles. The summed E-state index contributed by atoms with van der Waals surface area (Å²) in [5.74, 6) is 2.50. The van der Waals surface area contributed by atoms with E-state index < -0.39 is 0 Å². The van der Waals surface area contributed by atoms with Gasteiger partial charge in [0.2, 0.25) is 0 Å². The topological polar surface area (TPSA) is 38.7 Å². The Hall–Kier alpha value is -5.02.